The molecule has 1 aliphatic rings. The smallest absolute Gasteiger partial charge is 0.224 e. The minimum absolute atomic E-state index is 0.305. The van der Waals surface area contributed by atoms with E-state index in [1.807, 2.05) is 53.4 Å². The number of aromatic nitrogens is 1. The van der Waals surface area contributed by atoms with Gasteiger partial charge in [0.05, 0.1) is 24.1 Å². The number of hydrogen-bond donors (Lipinski definition) is 1. The Morgan fingerprint density at radius 2 is 1.49 bits per heavy atom. The minimum atomic E-state index is -3.90. The highest BCUT2D eigenvalue weighted by atomic mass is 32.3. The summed E-state index contributed by atoms with van der Waals surface area (Å²) in [7, 11) is -7.80. The number of anilines is 3. The summed E-state index contributed by atoms with van der Waals surface area (Å²) in [6, 6.07) is 30.3. The van der Waals surface area contributed by atoms with Crippen molar-refractivity contribution < 1.29 is 16.8 Å². The van der Waals surface area contributed by atoms with Gasteiger partial charge in [0, 0.05) is 41.7 Å². The van der Waals surface area contributed by atoms with Crippen LogP contribution < -0.4 is 10.2 Å². The van der Waals surface area contributed by atoms with Gasteiger partial charge < -0.3 is 10.2 Å². The van der Waals surface area contributed by atoms with Gasteiger partial charge in [0.2, 0.25) is 20.0 Å². The Kier molecular flexibility index (Phi) is 6.93. The molecular formula is C31H30N4O4S2. The predicted molar refractivity (Wildman–Crippen MR) is 167 cm³/mol. The van der Waals surface area contributed by atoms with E-state index in [9.17, 15) is 16.8 Å². The van der Waals surface area contributed by atoms with E-state index in [1.165, 1.54) is 10.8 Å². The highest BCUT2D eigenvalue weighted by Crippen LogP contribution is 2.32. The van der Waals surface area contributed by atoms with Gasteiger partial charge in [-0.25, -0.2) is 16.8 Å². The van der Waals surface area contributed by atoms with Crippen LogP contribution in [-0.2, 0) is 20.0 Å². The summed E-state index contributed by atoms with van der Waals surface area (Å²) in [5, 5.41) is 6.92. The molecule has 1 aliphatic heterocycles. The quantitative estimate of drug-likeness (QED) is 0.265. The number of nitrogens with one attached hydrogen (secondary N) is 1. The average molecular weight is 587 g/mol. The Labute approximate surface area is 240 Å². The predicted octanol–water partition coefficient (Wildman–Crippen LogP) is 5.60. The highest BCUT2D eigenvalue weighted by molar-refractivity contribution is 8.03. The maximum Gasteiger partial charge on any atom is 0.224 e. The molecule has 1 atom stereocenters. The first-order chi connectivity index (χ1) is 19.6. The van der Waals surface area contributed by atoms with Crippen molar-refractivity contribution in [2.75, 3.05) is 35.8 Å². The van der Waals surface area contributed by atoms with E-state index in [-0.39, 0.29) is 0 Å². The summed E-state index contributed by atoms with van der Waals surface area (Å²) in [4.78, 5) is 6.56. The zero-order valence-corrected chi connectivity index (χ0v) is 24.4. The Hall–Kier alpha value is -3.99. The monoisotopic (exact) mass is 586 g/mol. The molecule has 8 nitrogen and oxygen atoms in total. The molecule has 5 aromatic rings. The maximum absolute atomic E-state index is 12.2. The van der Waals surface area contributed by atoms with Gasteiger partial charge in [0.1, 0.15) is 0 Å². The van der Waals surface area contributed by atoms with Gasteiger partial charge in [-0.1, -0.05) is 46.2 Å². The van der Waals surface area contributed by atoms with E-state index in [4.69, 9.17) is 0 Å². The Morgan fingerprint density at radius 1 is 0.805 bits per heavy atom. The molecule has 4 aromatic carbocycles. The van der Waals surface area contributed by atoms with Crippen LogP contribution in [0.15, 0.2) is 97.2 Å². The number of rotatable bonds is 7. The molecule has 41 heavy (non-hydrogen) atoms. The summed E-state index contributed by atoms with van der Waals surface area (Å²) in [5.41, 5.74) is 5.86. The van der Waals surface area contributed by atoms with Crippen LogP contribution >= 0.6 is 0 Å². The molecule has 0 spiro atoms. The number of pyridine rings is 1. The van der Waals surface area contributed by atoms with Gasteiger partial charge in [-0.2, -0.15) is 0 Å². The zero-order valence-electron chi connectivity index (χ0n) is 22.7. The van der Waals surface area contributed by atoms with E-state index in [0.717, 1.165) is 51.6 Å². The molecule has 1 aromatic heterocycles. The van der Waals surface area contributed by atoms with E-state index >= 15 is 0 Å². The van der Waals surface area contributed by atoms with Crippen LogP contribution in [0.5, 0.6) is 0 Å². The molecule has 1 fully saturated rings. The lowest BCUT2D eigenvalue weighted by molar-refractivity contribution is 0.446. The SMILES string of the molecule is CS(=O)(=O)N([C@@H]1CCN(c2ccc(Nc3ccnc4ccc(-c5ccc6ccccc6c5)cc34)cc2)C1)S(C)(=O)=O. The van der Waals surface area contributed by atoms with Gasteiger partial charge in [0.15, 0.2) is 0 Å². The van der Waals surface area contributed by atoms with Crippen LogP contribution in [0.4, 0.5) is 17.1 Å². The minimum Gasteiger partial charge on any atom is -0.370 e. The second-order valence-corrected chi connectivity index (χ2v) is 14.4. The molecule has 0 saturated carbocycles. The molecule has 0 amide bonds. The van der Waals surface area contributed by atoms with Gasteiger partial charge in [-0.15, -0.1) is 0 Å². The van der Waals surface area contributed by atoms with Crippen LogP contribution in [0.3, 0.4) is 0 Å². The number of nitrogens with zero attached hydrogens (tertiary/aromatic N) is 3. The Balaban J connectivity index is 1.23. The van der Waals surface area contributed by atoms with Crippen molar-refractivity contribution in [2.45, 2.75) is 12.5 Å². The third kappa shape index (κ3) is 5.63. The molecule has 6 rings (SSSR count). The van der Waals surface area contributed by atoms with E-state index in [0.29, 0.717) is 23.2 Å². The topological polar surface area (TPSA) is 99.7 Å². The van der Waals surface area contributed by atoms with Crippen molar-refractivity contribution in [1.29, 1.82) is 0 Å². The summed E-state index contributed by atoms with van der Waals surface area (Å²) in [5.74, 6) is 0. The van der Waals surface area contributed by atoms with Gasteiger partial charge in [0.25, 0.3) is 0 Å². The fraction of sp³-hybridized carbons (Fsp3) is 0.194. The van der Waals surface area contributed by atoms with Crippen LogP contribution in [-0.4, -0.2) is 57.2 Å². The largest absolute Gasteiger partial charge is 0.370 e. The highest BCUT2D eigenvalue weighted by Gasteiger charge is 2.39. The van der Waals surface area contributed by atoms with Crippen LogP contribution in [0.1, 0.15) is 6.42 Å². The zero-order chi connectivity index (χ0) is 28.8. The first kappa shape index (κ1) is 27.2. The molecule has 2 heterocycles. The number of hydrogen-bond acceptors (Lipinski definition) is 7. The number of fused-ring (bicyclic) bond motifs is 2. The lowest BCUT2D eigenvalue weighted by Crippen LogP contribution is -2.44. The van der Waals surface area contributed by atoms with Crippen molar-refractivity contribution in [1.82, 2.24) is 8.69 Å². The lowest BCUT2D eigenvalue weighted by Gasteiger charge is -2.25. The van der Waals surface area contributed by atoms with Crippen molar-refractivity contribution in [3.05, 3.63) is 97.2 Å². The molecule has 1 saturated heterocycles. The third-order valence-corrected chi connectivity index (χ3v) is 11.0. The molecule has 210 valence electrons. The van der Waals surface area contributed by atoms with E-state index in [1.54, 1.807) is 6.20 Å². The molecule has 0 radical (unpaired) electrons. The second-order valence-electron chi connectivity index (χ2n) is 10.5. The van der Waals surface area contributed by atoms with E-state index < -0.39 is 26.1 Å². The van der Waals surface area contributed by atoms with Gasteiger partial charge in [-0.3, -0.25) is 4.98 Å². The fourth-order valence-electron chi connectivity index (χ4n) is 5.65. The molecule has 0 aliphatic carbocycles. The lowest BCUT2D eigenvalue weighted by atomic mass is 9.99. The summed E-state index contributed by atoms with van der Waals surface area (Å²) < 4.78 is 49.4. The average Bonchev–Trinajstić information content (AvgIpc) is 3.40. The van der Waals surface area contributed by atoms with Gasteiger partial charge >= 0.3 is 0 Å². The molecular weight excluding hydrogens is 556 g/mol. The van der Waals surface area contributed by atoms with Gasteiger partial charge in [-0.05, 0) is 76.9 Å². The van der Waals surface area contributed by atoms with Crippen molar-refractivity contribution >= 4 is 58.8 Å². The molecule has 1 N–H and O–H groups in total. The third-order valence-electron chi connectivity index (χ3n) is 7.45. The van der Waals surface area contributed by atoms with Crippen LogP contribution in [0.2, 0.25) is 0 Å². The molecule has 10 heteroatoms. The molecule has 0 bridgehead atoms. The Bertz CT molecular complexity index is 1950. The summed E-state index contributed by atoms with van der Waals surface area (Å²) in [6.45, 7) is 0.866. The van der Waals surface area contributed by atoms with Crippen LogP contribution in [0.25, 0.3) is 32.8 Å². The standard InChI is InChI=1S/C31H30N4O4S2/c1-40(36,37)35(41(2,38)39)28-16-18-34(21-28)27-12-10-26(11-13-27)33-31-15-17-32-30-14-9-25(20-29(30)31)24-8-7-22-5-3-4-6-23(22)19-24/h3-15,17,19-20,28H,16,18,21H2,1-2H3,(H,32,33)/t28-/m1/s1. The summed E-state index contributed by atoms with van der Waals surface area (Å²) in [6.07, 6.45) is 4.09. The van der Waals surface area contributed by atoms with Crippen molar-refractivity contribution in [2.24, 2.45) is 0 Å². The Morgan fingerprint density at radius 3 is 2.22 bits per heavy atom. The van der Waals surface area contributed by atoms with Crippen molar-refractivity contribution in [3.8, 4) is 11.1 Å². The van der Waals surface area contributed by atoms with E-state index in [2.05, 4.69) is 52.8 Å². The first-order valence-corrected chi connectivity index (χ1v) is 17.0. The first-order valence-electron chi connectivity index (χ1n) is 13.3. The maximum atomic E-state index is 12.2. The molecule has 0 unspecified atom stereocenters. The number of benzene rings is 4. The normalized spacial score (nSPS) is 16.1. The fourth-order valence-corrected chi connectivity index (χ4v) is 9.05. The second kappa shape index (κ2) is 10.4. The summed E-state index contributed by atoms with van der Waals surface area (Å²) >= 11 is 0. The number of sulfonamides is 2. The van der Waals surface area contributed by atoms with Crippen molar-refractivity contribution in [3.63, 3.8) is 0 Å². The van der Waals surface area contributed by atoms with Crippen LogP contribution in [0, 0.1) is 0 Å².